The van der Waals surface area contributed by atoms with Crippen molar-refractivity contribution in [2.45, 2.75) is 19.0 Å². The van der Waals surface area contributed by atoms with E-state index in [1.54, 1.807) is 13.2 Å². The van der Waals surface area contributed by atoms with E-state index in [1.807, 2.05) is 25.1 Å². The number of nitrogens with one attached hydrogen (secondary N) is 1. The van der Waals surface area contributed by atoms with Crippen molar-refractivity contribution in [2.75, 3.05) is 31.7 Å². The second-order valence-electron chi connectivity index (χ2n) is 6.64. The van der Waals surface area contributed by atoms with Gasteiger partial charge in [-0.3, -0.25) is 5.10 Å². The summed E-state index contributed by atoms with van der Waals surface area (Å²) >= 11 is 0. The number of ether oxygens (including phenoxy) is 2. The number of fused-ring (bicyclic) bond motifs is 1. The summed E-state index contributed by atoms with van der Waals surface area (Å²) in [6.45, 7) is 1.73. The maximum absolute atomic E-state index is 13.1. The third-order valence-electron chi connectivity index (χ3n) is 4.34. The van der Waals surface area contributed by atoms with E-state index >= 15 is 0 Å². The highest BCUT2D eigenvalue weighted by Crippen LogP contribution is 2.33. The van der Waals surface area contributed by atoms with Crippen molar-refractivity contribution in [2.24, 2.45) is 0 Å². The van der Waals surface area contributed by atoms with E-state index < -0.39 is 5.92 Å². The topological polar surface area (TPSA) is 76.2 Å². The zero-order valence-corrected chi connectivity index (χ0v) is 14.9. The number of benzene rings is 1. The fourth-order valence-electron chi connectivity index (χ4n) is 3.09. The first-order chi connectivity index (χ1) is 12.9. The summed E-state index contributed by atoms with van der Waals surface area (Å²) in [5.74, 6) is -1.51. The Bertz CT molecular complexity index is 954. The highest BCUT2D eigenvalue weighted by atomic mass is 19.3. The van der Waals surface area contributed by atoms with E-state index in [0.29, 0.717) is 29.6 Å². The van der Waals surface area contributed by atoms with Gasteiger partial charge in [-0.25, -0.2) is 18.7 Å². The van der Waals surface area contributed by atoms with Crippen molar-refractivity contribution < 1.29 is 18.3 Å². The molecular formula is C18H19F2N5O2. The number of anilines is 1. The molecule has 1 aromatic carbocycles. The van der Waals surface area contributed by atoms with Gasteiger partial charge in [-0.05, 0) is 25.1 Å². The fourth-order valence-corrected chi connectivity index (χ4v) is 3.09. The monoisotopic (exact) mass is 375 g/mol. The molecule has 4 rings (SSSR count). The van der Waals surface area contributed by atoms with Crippen LogP contribution >= 0.6 is 0 Å². The molecule has 0 radical (unpaired) electrons. The summed E-state index contributed by atoms with van der Waals surface area (Å²) < 4.78 is 37.2. The molecule has 3 heterocycles. The minimum Gasteiger partial charge on any atom is -0.488 e. The Morgan fingerprint density at radius 2 is 2.07 bits per heavy atom. The molecule has 27 heavy (non-hydrogen) atoms. The number of H-pyrrole nitrogens is 1. The average Bonchev–Trinajstić information content (AvgIpc) is 3.03. The minimum absolute atomic E-state index is 0.0958. The van der Waals surface area contributed by atoms with Crippen molar-refractivity contribution in [1.29, 1.82) is 0 Å². The van der Waals surface area contributed by atoms with Gasteiger partial charge in [0.1, 0.15) is 29.7 Å². The number of aromatic amines is 1. The lowest BCUT2D eigenvalue weighted by atomic mass is 10.1. The lowest BCUT2D eigenvalue weighted by Crippen LogP contribution is -2.56. The molecular weight excluding hydrogens is 356 g/mol. The van der Waals surface area contributed by atoms with Crippen LogP contribution < -0.4 is 9.64 Å². The van der Waals surface area contributed by atoms with E-state index in [-0.39, 0.29) is 19.2 Å². The highest BCUT2D eigenvalue weighted by molar-refractivity contribution is 5.93. The van der Waals surface area contributed by atoms with Crippen LogP contribution in [0.3, 0.4) is 0 Å². The summed E-state index contributed by atoms with van der Waals surface area (Å²) in [6.07, 6.45) is 1.27. The molecule has 1 aliphatic rings. The number of alkyl halides is 2. The molecule has 0 amide bonds. The largest absolute Gasteiger partial charge is 0.488 e. The van der Waals surface area contributed by atoms with Crippen LogP contribution in [0.1, 0.15) is 6.92 Å². The molecule has 0 unspecified atom stereocenters. The molecule has 9 heteroatoms. The molecule has 7 nitrogen and oxygen atoms in total. The van der Waals surface area contributed by atoms with E-state index in [0.717, 1.165) is 10.9 Å². The van der Waals surface area contributed by atoms with E-state index in [4.69, 9.17) is 9.47 Å². The number of halogens is 2. The third kappa shape index (κ3) is 3.55. The lowest BCUT2D eigenvalue weighted by Gasteiger charge is -2.39. The van der Waals surface area contributed by atoms with Gasteiger partial charge >= 0.3 is 0 Å². The number of aromatic nitrogens is 4. The standard InChI is InChI=1S/C18H19F2N5O2/c1-11(7-26-2)27-12-3-4-14-13(5-12)17(24-23-14)15-6-16(22-10-21-15)25-8-18(19,20)9-25/h3-6,10-11H,7-9H2,1-2H3,(H,23,24)/t11-/m0/s1. The Balaban J connectivity index is 1.63. The van der Waals surface area contributed by atoms with Crippen molar-refractivity contribution in [3.63, 3.8) is 0 Å². The average molecular weight is 375 g/mol. The number of rotatable bonds is 6. The Morgan fingerprint density at radius 3 is 2.81 bits per heavy atom. The van der Waals surface area contributed by atoms with Crippen molar-refractivity contribution in [1.82, 2.24) is 20.2 Å². The zero-order chi connectivity index (χ0) is 19.0. The molecule has 1 aliphatic heterocycles. The lowest BCUT2D eigenvalue weighted by molar-refractivity contribution is -0.0267. The van der Waals surface area contributed by atoms with E-state index in [1.165, 1.54) is 11.2 Å². The highest BCUT2D eigenvalue weighted by Gasteiger charge is 2.44. The molecule has 0 spiro atoms. The summed E-state index contributed by atoms with van der Waals surface area (Å²) in [7, 11) is 1.62. The van der Waals surface area contributed by atoms with E-state index in [2.05, 4.69) is 20.2 Å². The quantitative estimate of drug-likeness (QED) is 0.714. The predicted octanol–water partition coefficient (Wildman–Crippen LogP) is 2.89. The molecule has 0 bridgehead atoms. The Kier molecular flexibility index (Phi) is 4.39. The van der Waals surface area contributed by atoms with Gasteiger partial charge in [0.2, 0.25) is 0 Å². The summed E-state index contributed by atoms with van der Waals surface area (Å²) in [6, 6.07) is 7.27. The third-order valence-corrected chi connectivity index (χ3v) is 4.34. The van der Waals surface area contributed by atoms with Crippen molar-refractivity contribution in [3.05, 3.63) is 30.6 Å². The van der Waals surface area contributed by atoms with Crippen molar-refractivity contribution >= 4 is 16.7 Å². The number of hydrogen-bond donors (Lipinski definition) is 1. The van der Waals surface area contributed by atoms with Crippen LogP contribution in [0.25, 0.3) is 22.3 Å². The van der Waals surface area contributed by atoms with Crippen LogP contribution in [0.4, 0.5) is 14.6 Å². The maximum Gasteiger partial charge on any atom is 0.282 e. The maximum atomic E-state index is 13.1. The van der Waals surface area contributed by atoms with Gasteiger partial charge < -0.3 is 14.4 Å². The van der Waals surface area contributed by atoms with Crippen LogP contribution in [0, 0.1) is 0 Å². The first kappa shape index (κ1) is 17.6. The van der Waals surface area contributed by atoms with Gasteiger partial charge in [0.25, 0.3) is 5.92 Å². The van der Waals surface area contributed by atoms with Crippen LogP contribution in [0.15, 0.2) is 30.6 Å². The van der Waals surface area contributed by atoms with Gasteiger partial charge in [-0.1, -0.05) is 0 Å². The predicted molar refractivity (Wildman–Crippen MR) is 96.2 cm³/mol. The van der Waals surface area contributed by atoms with Crippen molar-refractivity contribution in [3.8, 4) is 17.1 Å². The molecule has 3 aromatic rings. The summed E-state index contributed by atoms with van der Waals surface area (Å²) in [5, 5.41) is 8.12. The second-order valence-corrected chi connectivity index (χ2v) is 6.64. The Morgan fingerprint density at radius 1 is 1.26 bits per heavy atom. The molecule has 0 saturated carbocycles. The first-order valence-corrected chi connectivity index (χ1v) is 8.54. The Hall–Kier alpha value is -2.81. The molecule has 1 N–H and O–H groups in total. The number of hydrogen-bond acceptors (Lipinski definition) is 6. The molecule has 1 atom stereocenters. The summed E-state index contributed by atoms with van der Waals surface area (Å²) in [4.78, 5) is 9.87. The minimum atomic E-state index is -2.66. The smallest absolute Gasteiger partial charge is 0.282 e. The molecule has 0 aliphatic carbocycles. The van der Waals surface area contributed by atoms with Gasteiger partial charge in [0.05, 0.1) is 30.9 Å². The van der Waals surface area contributed by atoms with Crippen LogP contribution in [-0.2, 0) is 4.74 Å². The van der Waals surface area contributed by atoms with Crippen LogP contribution in [0.5, 0.6) is 5.75 Å². The molecule has 1 saturated heterocycles. The molecule has 2 aromatic heterocycles. The Labute approximate surface area is 154 Å². The number of methoxy groups -OCH3 is 1. The number of nitrogens with zero attached hydrogens (tertiary/aromatic N) is 4. The van der Waals surface area contributed by atoms with Gasteiger partial charge in [-0.2, -0.15) is 5.10 Å². The SMILES string of the molecule is COC[C@H](C)Oc1ccc2[nH]nc(-c3cc(N4CC(F)(F)C4)ncn3)c2c1. The molecule has 142 valence electrons. The van der Waals surface area contributed by atoms with Gasteiger partial charge in [-0.15, -0.1) is 0 Å². The van der Waals surface area contributed by atoms with E-state index in [9.17, 15) is 8.78 Å². The summed E-state index contributed by atoms with van der Waals surface area (Å²) in [5.41, 5.74) is 2.00. The second kappa shape index (κ2) is 6.73. The molecule has 1 fully saturated rings. The van der Waals surface area contributed by atoms with Crippen LogP contribution in [-0.4, -0.2) is 59.0 Å². The fraction of sp³-hybridized carbons (Fsp3) is 0.389. The zero-order valence-electron chi connectivity index (χ0n) is 14.9. The van der Waals surface area contributed by atoms with Gasteiger partial charge in [0.15, 0.2) is 0 Å². The van der Waals surface area contributed by atoms with Crippen LogP contribution in [0.2, 0.25) is 0 Å². The first-order valence-electron chi connectivity index (χ1n) is 8.54. The normalized spacial score (nSPS) is 17.0. The van der Waals surface area contributed by atoms with Gasteiger partial charge in [0, 0.05) is 18.6 Å².